The summed E-state index contributed by atoms with van der Waals surface area (Å²) in [5, 5.41) is 21.5. The maximum atomic E-state index is 12.9. The van der Waals surface area contributed by atoms with Gasteiger partial charge >= 0.3 is 18.2 Å². The third kappa shape index (κ3) is 6.07. The van der Waals surface area contributed by atoms with Gasteiger partial charge in [-0.2, -0.15) is 13.2 Å². The number of carbonyl (C=O) groups is 3. The van der Waals surface area contributed by atoms with Crippen LogP contribution in [0.25, 0.3) is 0 Å². The molecule has 34 heavy (non-hydrogen) atoms. The van der Waals surface area contributed by atoms with Gasteiger partial charge < -0.3 is 16.2 Å². The lowest BCUT2D eigenvalue weighted by Crippen LogP contribution is -2.40. The van der Waals surface area contributed by atoms with E-state index in [-0.39, 0.29) is 5.69 Å². The topological polar surface area (TPSA) is 156 Å². The molecule has 1 aliphatic heterocycles. The van der Waals surface area contributed by atoms with E-state index in [0.717, 1.165) is 11.6 Å². The van der Waals surface area contributed by atoms with Crippen LogP contribution in [0.2, 0.25) is 0 Å². The molecule has 1 fully saturated rings. The number of anilines is 1. The Kier molecular flexibility index (Phi) is 7.62. The van der Waals surface area contributed by atoms with Crippen LogP contribution in [0.3, 0.4) is 0 Å². The molecule has 10 nitrogen and oxygen atoms in total. The number of alkyl halides is 3. The molecule has 0 bridgehead atoms. The Balaban J connectivity index is 0.000000287. The molecule has 1 heterocycles. The highest BCUT2D eigenvalue weighted by Crippen LogP contribution is 2.39. The number of hydrogen-bond acceptors (Lipinski definition) is 6. The van der Waals surface area contributed by atoms with Crippen molar-refractivity contribution in [3.8, 4) is 0 Å². The zero-order valence-electron chi connectivity index (χ0n) is 18.0. The van der Waals surface area contributed by atoms with Gasteiger partial charge in [-0.25, -0.2) is 9.69 Å². The highest BCUT2D eigenvalue weighted by molar-refractivity contribution is 6.23. The van der Waals surface area contributed by atoms with Crippen LogP contribution in [0.4, 0.5) is 29.3 Å². The molecule has 13 heteroatoms. The lowest BCUT2D eigenvalue weighted by molar-refractivity contribution is -0.388. The van der Waals surface area contributed by atoms with Crippen LogP contribution in [0.5, 0.6) is 0 Å². The Morgan fingerprint density at radius 1 is 1.21 bits per heavy atom. The van der Waals surface area contributed by atoms with Gasteiger partial charge in [-0.1, -0.05) is 30.3 Å². The zero-order valence-corrected chi connectivity index (χ0v) is 18.0. The van der Waals surface area contributed by atoms with Crippen LogP contribution in [-0.4, -0.2) is 39.5 Å². The molecule has 0 aromatic heterocycles. The number of carboxylic acid groups (broad SMARTS) is 1. The number of aliphatic carboxylic acids is 1. The smallest absolute Gasteiger partial charge is 0.423 e. The molecule has 2 aromatic carbocycles. The molecule has 1 aliphatic rings. The number of nitrogens with two attached hydrogens (primary N) is 1. The summed E-state index contributed by atoms with van der Waals surface area (Å²) in [5.74, 6) is -1.71. The summed E-state index contributed by atoms with van der Waals surface area (Å²) in [6.07, 6.45) is -4.61. The summed E-state index contributed by atoms with van der Waals surface area (Å²) in [6.45, 7) is 2.78. The van der Waals surface area contributed by atoms with Gasteiger partial charge in [0, 0.05) is 6.07 Å². The van der Waals surface area contributed by atoms with E-state index in [9.17, 15) is 37.7 Å². The van der Waals surface area contributed by atoms with E-state index < -0.39 is 51.8 Å². The van der Waals surface area contributed by atoms with Crippen molar-refractivity contribution in [1.29, 1.82) is 0 Å². The number of nitro groups is 1. The summed E-state index contributed by atoms with van der Waals surface area (Å²) >= 11 is 0. The van der Waals surface area contributed by atoms with E-state index in [1.165, 1.54) is 13.8 Å². The van der Waals surface area contributed by atoms with E-state index >= 15 is 0 Å². The van der Waals surface area contributed by atoms with Gasteiger partial charge in [0.25, 0.3) is 11.6 Å². The standard InChI is InChI=1S/C12H10F3N3O4.C9H11NO2/c1-11(2)9(19)17(10(20)16-11)6-3-4-8(18(21)22)7(5-6)12(13,14)15;10-8(9(11)12)6-7-4-2-1-3-5-7/h3-5H,1-2H3,(H,16,20);1-5,8H,6,10H2,(H,11,12). The van der Waals surface area contributed by atoms with Crippen molar-refractivity contribution in [3.05, 3.63) is 69.8 Å². The van der Waals surface area contributed by atoms with Gasteiger partial charge in [-0.3, -0.25) is 19.7 Å². The number of nitrogens with one attached hydrogen (secondary N) is 1. The number of urea groups is 1. The van der Waals surface area contributed by atoms with E-state index in [2.05, 4.69) is 5.32 Å². The van der Waals surface area contributed by atoms with E-state index in [0.29, 0.717) is 23.5 Å². The van der Waals surface area contributed by atoms with E-state index in [4.69, 9.17) is 10.8 Å². The number of imide groups is 1. The minimum Gasteiger partial charge on any atom is -0.480 e. The third-order valence-corrected chi connectivity index (χ3v) is 4.72. The van der Waals surface area contributed by atoms with Gasteiger partial charge in [0.1, 0.15) is 17.1 Å². The Morgan fingerprint density at radius 2 is 1.79 bits per heavy atom. The largest absolute Gasteiger partial charge is 0.480 e. The van der Waals surface area contributed by atoms with Crippen LogP contribution in [0, 0.1) is 10.1 Å². The Morgan fingerprint density at radius 3 is 2.24 bits per heavy atom. The fourth-order valence-corrected chi connectivity index (χ4v) is 2.99. The van der Waals surface area contributed by atoms with Crippen molar-refractivity contribution in [2.75, 3.05) is 4.90 Å². The average Bonchev–Trinajstić information content (AvgIpc) is 2.94. The summed E-state index contributed by atoms with van der Waals surface area (Å²) in [7, 11) is 0. The number of carboxylic acids is 1. The highest BCUT2D eigenvalue weighted by atomic mass is 19.4. The SMILES string of the molecule is CC1(C)NC(=O)N(c2ccc([N+](=O)[O-])c(C(F)(F)F)c2)C1=O.NC(Cc1ccccc1)C(=O)O. The fourth-order valence-electron chi connectivity index (χ4n) is 2.99. The van der Waals surface area contributed by atoms with Crippen molar-refractivity contribution in [2.45, 2.75) is 38.0 Å². The number of nitrogens with zero attached hydrogens (tertiary/aromatic N) is 2. The van der Waals surface area contributed by atoms with Gasteiger partial charge in [-0.15, -0.1) is 0 Å². The quantitative estimate of drug-likeness (QED) is 0.336. The number of benzene rings is 2. The number of halogens is 3. The second-order valence-electron chi connectivity index (χ2n) is 7.79. The molecular weight excluding hydrogens is 461 g/mol. The minimum atomic E-state index is -4.99. The van der Waals surface area contributed by atoms with Crippen molar-refractivity contribution >= 4 is 29.3 Å². The number of carbonyl (C=O) groups excluding carboxylic acids is 2. The van der Waals surface area contributed by atoms with Gasteiger partial charge in [0.15, 0.2) is 0 Å². The van der Waals surface area contributed by atoms with Crippen LogP contribution >= 0.6 is 0 Å². The average molecular weight is 482 g/mol. The number of nitro benzene ring substituents is 1. The molecule has 3 rings (SSSR count). The number of rotatable bonds is 5. The molecule has 1 unspecified atom stereocenters. The van der Waals surface area contributed by atoms with Crippen molar-refractivity contribution in [2.24, 2.45) is 5.73 Å². The zero-order chi connectivity index (χ0) is 25.8. The molecule has 0 spiro atoms. The first-order valence-corrected chi connectivity index (χ1v) is 9.70. The maximum absolute atomic E-state index is 12.9. The van der Waals surface area contributed by atoms with E-state index in [1.54, 1.807) is 0 Å². The summed E-state index contributed by atoms with van der Waals surface area (Å²) < 4.78 is 38.7. The van der Waals surface area contributed by atoms with Crippen LogP contribution in [0.1, 0.15) is 25.0 Å². The summed E-state index contributed by atoms with van der Waals surface area (Å²) in [6, 6.07) is 9.60. The number of amides is 3. The molecule has 1 atom stereocenters. The van der Waals surface area contributed by atoms with Crippen LogP contribution in [-0.2, 0) is 22.2 Å². The molecule has 0 aliphatic carbocycles. The van der Waals surface area contributed by atoms with E-state index in [1.807, 2.05) is 30.3 Å². The van der Waals surface area contributed by atoms with Crippen molar-refractivity contribution in [1.82, 2.24) is 5.32 Å². The second-order valence-corrected chi connectivity index (χ2v) is 7.79. The van der Waals surface area contributed by atoms with Gasteiger partial charge in [0.05, 0.1) is 10.6 Å². The number of hydrogen-bond donors (Lipinski definition) is 3. The Hall–Kier alpha value is -4.00. The van der Waals surface area contributed by atoms with Gasteiger partial charge in [-0.05, 0) is 38.0 Å². The van der Waals surface area contributed by atoms with Crippen molar-refractivity contribution < 1.29 is 37.6 Å². The first-order valence-electron chi connectivity index (χ1n) is 9.70. The Bertz CT molecular complexity index is 1110. The molecule has 4 N–H and O–H groups in total. The highest BCUT2D eigenvalue weighted by Gasteiger charge is 2.46. The van der Waals surface area contributed by atoms with Gasteiger partial charge in [0.2, 0.25) is 0 Å². The third-order valence-electron chi connectivity index (χ3n) is 4.72. The predicted molar refractivity (Wildman–Crippen MR) is 114 cm³/mol. The molecule has 0 saturated carbocycles. The maximum Gasteiger partial charge on any atom is 0.423 e. The second kappa shape index (κ2) is 9.87. The van der Waals surface area contributed by atoms with Crippen LogP contribution in [0.15, 0.2) is 48.5 Å². The lowest BCUT2D eigenvalue weighted by Gasteiger charge is -2.17. The molecular formula is C21H21F3N4O6. The molecule has 2 aromatic rings. The molecule has 182 valence electrons. The monoisotopic (exact) mass is 482 g/mol. The first-order chi connectivity index (χ1) is 15.6. The van der Waals surface area contributed by atoms with Crippen molar-refractivity contribution in [3.63, 3.8) is 0 Å². The minimum absolute atomic E-state index is 0.383. The normalized spacial score (nSPS) is 15.8. The summed E-state index contributed by atoms with van der Waals surface area (Å²) in [4.78, 5) is 44.2. The molecule has 3 amide bonds. The van der Waals surface area contributed by atoms with Crippen LogP contribution < -0.4 is 16.0 Å². The molecule has 0 radical (unpaired) electrons. The first kappa shape index (κ1) is 26.3. The predicted octanol–water partition coefficient (Wildman–Crippen LogP) is 3.09. The lowest BCUT2D eigenvalue weighted by atomic mass is 10.1. The molecule has 1 saturated heterocycles. The Labute approximate surface area is 191 Å². The summed E-state index contributed by atoms with van der Waals surface area (Å²) in [5.41, 5.74) is 1.97. The fraction of sp³-hybridized carbons (Fsp3) is 0.286.